The summed E-state index contributed by atoms with van der Waals surface area (Å²) in [5, 5.41) is 3.46. The van der Waals surface area contributed by atoms with E-state index in [1.165, 1.54) is 5.69 Å². The standard InChI is InChI=1S/C13H23N3O/c1-13(2,3)15-9-11-8-14-12(16-11)10-4-6-17-7-5-10/h8,10,15H,4-7,9H2,1-3H3,(H,14,16). The normalized spacial score (nSPS) is 18.5. The summed E-state index contributed by atoms with van der Waals surface area (Å²) < 4.78 is 5.37. The van der Waals surface area contributed by atoms with Gasteiger partial charge in [-0.3, -0.25) is 0 Å². The molecule has 1 aliphatic rings. The van der Waals surface area contributed by atoms with Gasteiger partial charge in [0.25, 0.3) is 0 Å². The average Bonchev–Trinajstić information content (AvgIpc) is 2.75. The van der Waals surface area contributed by atoms with Crippen LogP contribution in [0.15, 0.2) is 6.20 Å². The second-order valence-electron chi connectivity index (χ2n) is 5.78. The van der Waals surface area contributed by atoms with Gasteiger partial charge in [0.05, 0.1) is 0 Å². The van der Waals surface area contributed by atoms with Gasteiger partial charge < -0.3 is 15.0 Å². The zero-order valence-corrected chi connectivity index (χ0v) is 11.0. The fourth-order valence-electron chi connectivity index (χ4n) is 2.01. The third-order valence-corrected chi connectivity index (χ3v) is 3.07. The lowest BCUT2D eigenvalue weighted by Gasteiger charge is -2.20. The number of aromatic amines is 1. The first-order chi connectivity index (χ1) is 8.04. The van der Waals surface area contributed by atoms with E-state index in [9.17, 15) is 0 Å². The molecular weight excluding hydrogens is 214 g/mol. The van der Waals surface area contributed by atoms with Crippen LogP contribution in [0, 0.1) is 0 Å². The molecule has 1 aromatic rings. The Balaban J connectivity index is 1.91. The number of imidazole rings is 1. The monoisotopic (exact) mass is 237 g/mol. The molecule has 4 nitrogen and oxygen atoms in total. The molecule has 1 aromatic heterocycles. The smallest absolute Gasteiger partial charge is 0.109 e. The number of nitrogens with one attached hydrogen (secondary N) is 2. The zero-order chi connectivity index (χ0) is 12.3. The van der Waals surface area contributed by atoms with Crippen LogP contribution in [-0.2, 0) is 11.3 Å². The molecule has 2 rings (SSSR count). The minimum Gasteiger partial charge on any atom is -0.381 e. The van der Waals surface area contributed by atoms with Gasteiger partial charge in [-0.1, -0.05) is 0 Å². The molecule has 1 saturated heterocycles. The second kappa shape index (κ2) is 5.19. The van der Waals surface area contributed by atoms with E-state index in [2.05, 4.69) is 36.1 Å². The molecule has 0 saturated carbocycles. The van der Waals surface area contributed by atoms with Crippen LogP contribution >= 0.6 is 0 Å². The fourth-order valence-corrected chi connectivity index (χ4v) is 2.01. The minimum atomic E-state index is 0.143. The van der Waals surface area contributed by atoms with Crippen molar-refractivity contribution in [1.29, 1.82) is 0 Å². The lowest BCUT2D eigenvalue weighted by Crippen LogP contribution is -2.35. The lowest BCUT2D eigenvalue weighted by atomic mass is 10.00. The maximum Gasteiger partial charge on any atom is 0.109 e. The van der Waals surface area contributed by atoms with Crippen molar-refractivity contribution in [3.05, 3.63) is 17.7 Å². The highest BCUT2D eigenvalue weighted by Crippen LogP contribution is 2.24. The van der Waals surface area contributed by atoms with Gasteiger partial charge in [-0.15, -0.1) is 0 Å². The molecule has 0 bridgehead atoms. The first-order valence-corrected chi connectivity index (χ1v) is 6.41. The van der Waals surface area contributed by atoms with Crippen LogP contribution in [0.4, 0.5) is 0 Å². The molecule has 0 atom stereocenters. The summed E-state index contributed by atoms with van der Waals surface area (Å²) in [5.41, 5.74) is 1.31. The van der Waals surface area contributed by atoms with Crippen molar-refractivity contribution < 1.29 is 4.74 Å². The summed E-state index contributed by atoms with van der Waals surface area (Å²) >= 11 is 0. The molecule has 0 unspecified atom stereocenters. The number of hydrogen-bond acceptors (Lipinski definition) is 3. The number of nitrogens with zero attached hydrogens (tertiary/aromatic N) is 1. The van der Waals surface area contributed by atoms with Gasteiger partial charge in [0.15, 0.2) is 0 Å². The molecule has 4 heteroatoms. The van der Waals surface area contributed by atoms with Crippen LogP contribution in [-0.4, -0.2) is 28.7 Å². The third-order valence-electron chi connectivity index (χ3n) is 3.07. The van der Waals surface area contributed by atoms with E-state index in [1.807, 2.05) is 6.20 Å². The van der Waals surface area contributed by atoms with Gasteiger partial charge in [0.2, 0.25) is 0 Å². The van der Waals surface area contributed by atoms with Gasteiger partial charge in [0.1, 0.15) is 5.82 Å². The topological polar surface area (TPSA) is 49.9 Å². The van der Waals surface area contributed by atoms with Crippen LogP contribution in [0.1, 0.15) is 51.0 Å². The fraction of sp³-hybridized carbons (Fsp3) is 0.769. The van der Waals surface area contributed by atoms with Gasteiger partial charge in [0, 0.05) is 43.1 Å². The predicted molar refractivity (Wildman–Crippen MR) is 68.0 cm³/mol. The van der Waals surface area contributed by atoms with E-state index in [-0.39, 0.29) is 5.54 Å². The van der Waals surface area contributed by atoms with Gasteiger partial charge in [-0.05, 0) is 33.6 Å². The summed E-state index contributed by atoms with van der Waals surface area (Å²) in [6.45, 7) is 9.08. The summed E-state index contributed by atoms with van der Waals surface area (Å²) in [5.74, 6) is 1.67. The molecule has 0 aromatic carbocycles. The SMILES string of the molecule is CC(C)(C)NCc1cnc(C2CCOCC2)[nH]1. The van der Waals surface area contributed by atoms with Crippen molar-refractivity contribution >= 4 is 0 Å². The highest BCUT2D eigenvalue weighted by Gasteiger charge is 2.19. The minimum absolute atomic E-state index is 0.143. The molecule has 17 heavy (non-hydrogen) atoms. The number of ether oxygens (including phenoxy) is 1. The Morgan fingerprint density at radius 3 is 2.76 bits per heavy atom. The third kappa shape index (κ3) is 3.82. The Morgan fingerprint density at radius 2 is 2.12 bits per heavy atom. The highest BCUT2D eigenvalue weighted by atomic mass is 16.5. The first kappa shape index (κ1) is 12.6. The number of rotatable bonds is 3. The predicted octanol–water partition coefficient (Wildman–Crippen LogP) is 2.19. The van der Waals surface area contributed by atoms with Crippen molar-refractivity contribution in [2.45, 2.75) is 51.6 Å². The Labute approximate surface area is 103 Å². The van der Waals surface area contributed by atoms with E-state index >= 15 is 0 Å². The Kier molecular flexibility index (Phi) is 3.84. The number of aromatic nitrogens is 2. The van der Waals surface area contributed by atoms with Crippen molar-refractivity contribution in [2.75, 3.05) is 13.2 Å². The van der Waals surface area contributed by atoms with E-state index < -0.39 is 0 Å². The Bertz CT molecular complexity index is 348. The summed E-state index contributed by atoms with van der Waals surface area (Å²) in [6.07, 6.45) is 4.11. The van der Waals surface area contributed by atoms with E-state index in [0.29, 0.717) is 5.92 Å². The molecule has 2 heterocycles. The molecular formula is C13H23N3O. The summed E-state index contributed by atoms with van der Waals surface area (Å²) in [6, 6.07) is 0. The molecule has 0 aliphatic carbocycles. The van der Waals surface area contributed by atoms with Crippen LogP contribution in [0.3, 0.4) is 0 Å². The Hall–Kier alpha value is -0.870. The van der Waals surface area contributed by atoms with E-state index in [1.54, 1.807) is 0 Å². The second-order valence-corrected chi connectivity index (χ2v) is 5.78. The van der Waals surface area contributed by atoms with Gasteiger partial charge >= 0.3 is 0 Å². The molecule has 1 fully saturated rings. The average molecular weight is 237 g/mol. The van der Waals surface area contributed by atoms with E-state index in [0.717, 1.165) is 38.4 Å². The molecule has 0 spiro atoms. The maximum absolute atomic E-state index is 5.37. The number of H-pyrrole nitrogens is 1. The summed E-state index contributed by atoms with van der Waals surface area (Å²) in [4.78, 5) is 7.92. The van der Waals surface area contributed by atoms with Gasteiger partial charge in [-0.25, -0.2) is 4.98 Å². The molecule has 0 amide bonds. The van der Waals surface area contributed by atoms with Crippen molar-refractivity contribution in [3.8, 4) is 0 Å². The van der Waals surface area contributed by atoms with Crippen LogP contribution in [0.5, 0.6) is 0 Å². The van der Waals surface area contributed by atoms with E-state index in [4.69, 9.17) is 4.74 Å². The molecule has 0 radical (unpaired) electrons. The highest BCUT2D eigenvalue weighted by molar-refractivity contribution is 5.06. The first-order valence-electron chi connectivity index (χ1n) is 6.41. The molecule has 96 valence electrons. The van der Waals surface area contributed by atoms with Crippen LogP contribution in [0.25, 0.3) is 0 Å². The molecule has 1 aliphatic heterocycles. The van der Waals surface area contributed by atoms with Crippen molar-refractivity contribution in [3.63, 3.8) is 0 Å². The Morgan fingerprint density at radius 1 is 1.41 bits per heavy atom. The van der Waals surface area contributed by atoms with Crippen LogP contribution < -0.4 is 5.32 Å². The zero-order valence-electron chi connectivity index (χ0n) is 11.0. The van der Waals surface area contributed by atoms with Crippen molar-refractivity contribution in [1.82, 2.24) is 15.3 Å². The summed E-state index contributed by atoms with van der Waals surface area (Å²) in [7, 11) is 0. The van der Waals surface area contributed by atoms with Gasteiger partial charge in [-0.2, -0.15) is 0 Å². The van der Waals surface area contributed by atoms with Crippen LogP contribution in [0.2, 0.25) is 0 Å². The van der Waals surface area contributed by atoms with Crippen molar-refractivity contribution in [2.24, 2.45) is 0 Å². The molecule has 2 N–H and O–H groups in total. The maximum atomic E-state index is 5.37. The largest absolute Gasteiger partial charge is 0.381 e. The quantitative estimate of drug-likeness (QED) is 0.847. The lowest BCUT2D eigenvalue weighted by molar-refractivity contribution is 0.0837. The number of hydrogen-bond donors (Lipinski definition) is 2.